The minimum Gasteiger partial charge on any atom is -0.396 e. The van der Waals surface area contributed by atoms with Crippen molar-refractivity contribution in [3.63, 3.8) is 0 Å². The van der Waals surface area contributed by atoms with Gasteiger partial charge >= 0.3 is 0 Å². The summed E-state index contributed by atoms with van der Waals surface area (Å²) in [6.45, 7) is 0.565. The molecule has 0 saturated heterocycles. The van der Waals surface area contributed by atoms with Crippen LogP contribution in [-0.4, -0.2) is 10.9 Å². The Balaban J connectivity index is 2.16. The van der Waals surface area contributed by atoms with E-state index in [1.54, 1.807) is 23.7 Å². The average molecular weight is 248 g/mol. The maximum Gasteiger partial charge on any atom is 0.250 e. The van der Waals surface area contributed by atoms with Gasteiger partial charge in [0.05, 0.1) is 34.7 Å². The van der Waals surface area contributed by atoms with Gasteiger partial charge in [-0.1, -0.05) is 6.07 Å². The molecule has 1 amide bonds. The van der Waals surface area contributed by atoms with Crippen molar-refractivity contribution in [1.29, 1.82) is 0 Å². The second-order valence-corrected chi connectivity index (χ2v) is 4.18. The first-order valence-corrected chi connectivity index (χ1v) is 5.92. The van der Waals surface area contributed by atoms with Gasteiger partial charge in [-0.2, -0.15) is 0 Å². The zero-order valence-corrected chi connectivity index (χ0v) is 9.83. The second kappa shape index (κ2) is 4.84. The SMILES string of the molecule is NC(=O)c1cccc(NCc2cscn2)c1N. The molecule has 17 heavy (non-hydrogen) atoms. The average Bonchev–Trinajstić information content (AvgIpc) is 2.80. The molecule has 0 saturated carbocycles. The van der Waals surface area contributed by atoms with Gasteiger partial charge in [0.25, 0.3) is 5.91 Å². The molecular formula is C11H12N4OS. The highest BCUT2D eigenvalue weighted by Gasteiger charge is 2.09. The van der Waals surface area contributed by atoms with Crippen LogP contribution in [0.15, 0.2) is 29.1 Å². The standard InChI is InChI=1S/C11H12N4OS/c12-10-8(11(13)16)2-1-3-9(10)14-4-7-5-17-6-15-7/h1-3,5-6,14H,4,12H2,(H2,13,16). The molecule has 0 aliphatic rings. The highest BCUT2D eigenvalue weighted by atomic mass is 32.1. The first-order valence-electron chi connectivity index (χ1n) is 4.97. The van der Waals surface area contributed by atoms with Gasteiger partial charge in [-0.25, -0.2) is 4.98 Å². The Morgan fingerprint density at radius 3 is 2.94 bits per heavy atom. The number of carbonyl (C=O) groups is 1. The number of nitrogens with one attached hydrogen (secondary N) is 1. The fraction of sp³-hybridized carbons (Fsp3) is 0.0909. The Hall–Kier alpha value is -2.08. The summed E-state index contributed by atoms with van der Waals surface area (Å²) in [5.74, 6) is -0.528. The molecule has 1 aromatic carbocycles. The van der Waals surface area contributed by atoms with E-state index >= 15 is 0 Å². The van der Waals surface area contributed by atoms with E-state index in [9.17, 15) is 4.79 Å². The number of nitrogens with zero attached hydrogens (tertiary/aromatic N) is 1. The van der Waals surface area contributed by atoms with Crippen LogP contribution in [0.3, 0.4) is 0 Å². The van der Waals surface area contributed by atoms with Gasteiger partial charge in [-0.15, -0.1) is 11.3 Å². The topological polar surface area (TPSA) is 94.0 Å². The summed E-state index contributed by atoms with van der Waals surface area (Å²) in [4.78, 5) is 15.3. The van der Waals surface area contributed by atoms with Crippen molar-refractivity contribution in [2.75, 3.05) is 11.1 Å². The number of aromatic nitrogens is 1. The van der Waals surface area contributed by atoms with Crippen molar-refractivity contribution >= 4 is 28.6 Å². The van der Waals surface area contributed by atoms with E-state index in [1.165, 1.54) is 11.3 Å². The third kappa shape index (κ3) is 2.54. The molecule has 0 spiro atoms. The van der Waals surface area contributed by atoms with Gasteiger partial charge in [0, 0.05) is 5.38 Å². The highest BCUT2D eigenvalue weighted by Crippen LogP contribution is 2.22. The number of para-hydroxylation sites is 1. The maximum atomic E-state index is 11.1. The maximum absolute atomic E-state index is 11.1. The Bertz CT molecular complexity index is 524. The van der Waals surface area contributed by atoms with Crippen molar-refractivity contribution in [3.05, 3.63) is 40.3 Å². The minimum atomic E-state index is -0.528. The molecule has 0 radical (unpaired) electrons. The monoisotopic (exact) mass is 248 g/mol. The van der Waals surface area contributed by atoms with Crippen LogP contribution in [0.2, 0.25) is 0 Å². The molecule has 2 rings (SSSR count). The molecule has 0 unspecified atom stereocenters. The molecule has 0 aliphatic heterocycles. The van der Waals surface area contributed by atoms with Gasteiger partial charge < -0.3 is 16.8 Å². The number of primary amides is 1. The Labute approximate surface area is 102 Å². The van der Waals surface area contributed by atoms with Crippen molar-refractivity contribution in [1.82, 2.24) is 4.98 Å². The first kappa shape index (κ1) is 11.4. The van der Waals surface area contributed by atoms with Crippen molar-refractivity contribution in [3.8, 4) is 0 Å². The number of thiazole rings is 1. The van der Waals surface area contributed by atoms with E-state index in [0.29, 0.717) is 23.5 Å². The molecule has 5 nitrogen and oxygen atoms in total. The van der Waals surface area contributed by atoms with E-state index in [0.717, 1.165) is 5.69 Å². The molecule has 0 fully saturated rings. The van der Waals surface area contributed by atoms with Gasteiger partial charge in [0.15, 0.2) is 0 Å². The zero-order chi connectivity index (χ0) is 12.3. The fourth-order valence-corrected chi connectivity index (χ4v) is 2.00. The normalized spacial score (nSPS) is 10.1. The molecule has 0 bridgehead atoms. The van der Waals surface area contributed by atoms with Crippen LogP contribution in [0.5, 0.6) is 0 Å². The number of benzene rings is 1. The van der Waals surface area contributed by atoms with Crippen molar-refractivity contribution < 1.29 is 4.79 Å². The summed E-state index contributed by atoms with van der Waals surface area (Å²) in [5, 5.41) is 5.07. The number of nitrogens with two attached hydrogens (primary N) is 2. The Morgan fingerprint density at radius 2 is 2.29 bits per heavy atom. The summed E-state index contributed by atoms with van der Waals surface area (Å²) in [5.41, 5.74) is 15.1. The molecule has 88 valence electrons. The predicted molar refractivity (Wildman–Crippen MR) is 68.8 cm³/mol. The third-order valence-corrected chi connectivity index (χ3v) is 2.95. The highest BCUT2D eigenvalue weighted by molar-refractivity contribution is 7.07. The molecule has 1 aromatic heterocycles. The lowest BCUT2D eigenvalue weighted by molar-refractivity contribution is 0.100. The van der Waals surface area contributed by atoms with E-state index in [-0.39, 0.29) is 0 Å². The quantitative estimate of drug-likeness (QED) is 0.713. The zero-order valence-electron chi connectivity index (χ0n) is 9.01. The lowest BCUT2D eigenvalue weighted by Crippen LogP contribution is -2.14. The number of amides is 1. The van der Waals surface area contributed by atoms with Crippen LogP contribution in [0.4, 0.5) is 11.4 Å². The van der Waals surface area contributed by atoms with E-state index in [4.69, 9.17) is 11.5 Å². The molecule has 5 N–H and O–H groups in total. The van der Waals surface area contributed by atoms with Crippen LogP contribution >= 0.6 is 11.3 Å². The smallest absolute Gasteiger partial charge is 0.250 e. The Morgan fingerprint density at radius 1 is 1.47 bits per heavy atom. The van der Waals surface area contributed by atoms with Crippen molar-refractivity contribution in [2.24, 2.45) is 5.73 Å². The van der Waals surface area contributed by atoms with E-state index < -0.39 is 5.91 Å². The summed E-state index contributed by atoms with van der Waals surface area (Å²) >= 11 is 1.53. The Kier molecular flexibility index (Phi) is 3.24. The van der Waals surface area contributed by atoms with Crippen molar-refractivity contribution in [2.45, 2.75) is 6.54 Å². The summed E-state index contributed by atoms with van der Waals surface area (Å²) in [6.07, 6.45) is 0. The lowest BCUT2D eigenvalue weighted by atomic mass is 10.1. The van der Waals surface area contributed by atoms with Crippen LogP contribution in [0.1, 0.15) is 16.1 Å². The fourth-order valence-electron chi connectivity index (χ4n) is 1.44. The first-order chi connectivity index (χ1) is 8.18. The van der Waals surface area contributed by atoms with E-state index in [2.05, 4.69) is 10.3 Å². The van der Waals surface area contributed by atoms with E-state index in [1.807, 2.05) is 5.38 Å². The summed E-state index contributed by atoms with van der Waals surface area (Å²) < 4.78 is 0. The molecule has 0 aliphatic carbocycles. The minimum absolute atomic E-state index is 0.327. The number of anilines is 2. The number of nitrogen functional groups attached to an aromatic ring is 1. The van der Waals surface area contributed by atoms with Crippen LogP contribution in [-0.2, 0) is 6.54 Å². The molecule has 2 aromatic rings. The van der Waals surface area contributed by atoms with Gasteiger partial charge in [0.2, 0.25) is 0 Å². The number of hydrogen-bond acceptors (Lipinski definition) is 5. The second-order valence-electron chi connectivity index (χ2n) is 3.46. The van der Waals surface area contributed by atoms with Gasteiger partial charge in [-0.3, -0.25) is 4.79 Å². The van der Waals surface area contributed by atoms with Crippen LogP contribution in [0, 0.1) is 0 Å². The summed E-state index contributed by atoms with van der Waals surface area (Å²) in [6, 6.07) is 5.14. The number of carbonyl (C=O) groups excluding carboxylic acids is 1. The third-order valence-electron chi connectivity index (χ3n) is 2.32. The largest absolute Gasteiger partial charge is 0.396 e. The van der Waals surface area contributed by atoms with Gasteiger partial charge in [-0.05, 0) is 12.1 Å². The molecule has 1 heterocycles. The van der Waals surface area contributed by atoms with Gasteiger partial charge in [0.1, 0.15) is 0 Å². The summed E-state index contributed by atoms with van der Waals surface area (Å²) in [7, 11) is 0. The molecule has 0 atom stereocenters. The predicted octanol–water partition coefficient (Wildman–Crippen LogP) is 1.44. The van der Waals surface area contributed by atoms with Crippen LogP contribution in [0.25, 0.3) is 0 Å². The van der Waals surface area contributed by atoms with Crippen LogP contribution < -0.4 is 16.8 Å². The molecule has 6 heteroatoms. The number of hydrogen-bond donors (Lipinski definition) is 3. The lowest BCUT2D eigenvalue weighted by Gasteiger charge is -2.10. The molecular weight excluding hydrogens is 236 g/mol. The number of rotatable bonds is 4.